The predicted molar refractivity (Wildman–Crippen MR) is 191 cm³/mol. The number of imide groups is 2. The molecule has 2 heterocycles. The molecule has 2 aromatic carbocycles. The molecule has 11 heteroatoms. The van der Waals surface area contributed by atoms with Crippen LogP contribution in [0.3, 0.4) is 0 Å². The van der Waals surface area contributed by atoms with E-state index < -0.39 is 49.4 Å². The summed E-state index contributed by atoms with van der Waals surface area (Å²) in [7, 11) is -2.07. The number of rotatable bonds is 10. The van der Waals surface area contributed by atoms with E-state index in [0.717, 1.165) is 16.0 Å². The number of carbonyl (C=O) groups is 4. The van der Waals surface area contributed by atoms with Crippen LogP contribution in [0, 0.1) is 11.8 Å². The van der Waals surface area contributed by atoms with Gasteiger partial charge in [0.1, 0.15) is 13.2 Å². The van der Waals surface area contributed by atoms with Gasteiger partial charge in [0.2, 0.25) is 11.8 Å². The molecule has 4 atom stereocenters. The van der Waals surface area contributed by atoms with E-state index in [1.54, 1.807) is 20.8 Å². The first-order valence-corrected chi connectivity index (χ1v) is 20.0. The van der Waals surface area contributed by atoms with Crippen LogP contribution in [-0.4, -0.2) is 83.7 Å². The van der Waals surface area contributed by atoms with Crippen LogP contribution in [0.25, 0.3) is 0 Å². The largest absolute Gasteiger partial charge is 0.447 e. The molecule has 0 bridgehead atoms. The molecule has 0 spiro atoms. The molecule has 0 aromatic heterocycles. The Labute approximate surface area is 293 Å². The summed E-state index contributed by atoms with van der Waals surface area (Å²) in [6.07, 6.45) is -0.0382. The van der Waals surface area contributed by atoms with Gasteiger partial charge in [0.05, 0.1) is 35.1 Å². The van der Waals surface area contributed by atoms with E-state index in [-0.39, 0.29) is 36.2 Å². The van der Waals surface area contributed by atoms with Crippen molar-refractivity contribution in [2.24, 2.45) is 11.8 Å². The predicted octanol–water partition coefficient (Wildman–Crippen LogP) is 7.00. The summed E-state index contributed by atoms with van der Waals surface area (Å²) in [5.41, 5.74) is 0.250. The maximum Gasteiger partial charge on any atom is 0.416 e. The summed E-state index contributed by atoms with van der Waals surface area (Å²) < 4.78 is 16.8. The van der Waals surface area contributed by atoms with Crippen molar-refractivity contribution in [3.8, 4) is 0 Å². The normalized spacial score (nSPS) is 19.8. The quantitative estimate of drug-likeness (QED) is 0.264. The van der Waals surface area contributed by atoms with Gasteiger partial charge in [0.25, 0.3) is 0 Å². The fraction of sp³-hybridized carbons (Fsp3) is 0.579. The third kappa shape index (κ3) is 10.0. The number of carbonyl (C=O) groups excluding carboxylic acids is 4. The van der Waals surface area contributed by atoms with E-state index in [1.807, 2.05) is 81.4 Å². The second-order valence-electron chi connectivity index (χ2n) is 15.8. The second-order valence-corrected chi connectivity index (χ2v) is 20.5. The molecule has 10 nitrogen and oxygen atoms in total. The molecule has 0 radical (unpaired) electrons. The van der Waals surface area contributed by atoms with Crippen LogP contribution >= 0.6 is 0 Å². The molecule has 2 aliphatic heterocycles. The zero-order valence-corrected chi connectivity index (χ0v) is 32.1. The number of cyclic esters (lactones) is 2. The fourth-order valence-corrected chi connectivity index (χ4v) is 7.25. The molecule has 2 aliphatic rings. The van der Waals surface area contributed by atoms with Gasteiger partial charge in [0, 0.05) is 0 Å². The Morgan fingerprint density at radius 3 is 1.47 bits per heavy atom. The van der Waals surface area contributed by atoms with E-state index in [2.05, 4.69) is 33.9 Å². The van der Waals surface area contributed by atoms with Gasteiger partial charge in [-0.2, -0.15) is 0 Å². The third-order valence-electron chi connectivity index (χ3n) is 10.2. The van der Waals surface area contributed by atoms with Crippen molar-refractivity contribution in [2.75, 3.05) is 13.2 Å². The smallest absolute Gasteiger partial charge is 0.416 e. The first-order chi connectivity index (χ1) is 22.6. The van der Waals surface area contributed by atoms with Crippen molar-refractivity contribution in [1.82, 2.24) is 9.80 Å². The zero-order valence-electron chi connectivity index (χ0n) is 31.1. The van der Waals surface area contributed by atoms with Crippen LogP contribution in [0.4, 0.5) is 9.59 Å². The van der Waals surface area contributed by atoms with Gasteiger partial charge in [-0.05, 0) is 69.8 Å². The maximum atomic E-state index is 13.3. The van der Waals surface area contributed by atoms with Crippen LogP contribution in [0.2, 0.25) is 18.1 Å². The standard InChI is InChI=1S/C22H35NO4Si.C16H21NO4/c1-16(22(5,6)27-28(7,8)21(2,3)4)19(24)23-18(15-26-20(23)25)14-17-12-10-9-11-13-17;1-11(16(2,3)20)14(18)17-13(10-21-15(17)19)9-12-7-5-4-6-8-12/h9-13,16,18H,14-15H2,1-8H3;4-8,11,13,20H,9-10H2,1-3H3/t16-,18-;11-,13-/m11/s1. The van der Waals surface area contributed by atoms with E-state index >= 15 is 0 Å². The molecular formula is C38H56N2O8Si. The van der Waals surface area contributed by atoms with Crippen molar-refractivity contribution in [3.05, 3.63) is 71.8 Å². The van der Waals surface area contributed by atoms with Gasteiger partial charge >= 0.3 is 12.2 Å². The number of hydrogen-bond acceptors (Lipinski definition) is 8. The summed E-state index contributed by atoms with van der Waals surface area (Å²) in [4.78, 5) is 52.4. The van der Waals surface area contributed by atoms with Crippen LogP contribution in [0.15, 0.2) is 60.7 Å². The summed E-state index contributed by atoms with van der Waals surface area (Å²) in [5, 5.41) is 10.0. The Balaban J connectivity index is 0.000000276. The minimum Gasteiger partial charge on any atom is -0.447 e. The Bertz CT molecular complexity index is 1450. The monoisotopic (exact) mass is 696 g/mol. The van der Waals surface area contributed by atoms with E-state index in [1.165, 1.54) is 4.90 Å². The second kappa shape index (κ2) is 15.6. The lowest BCUT2D eigenvalue weighted by molar-refractivity contribution is -0.140. The molecule has 49 heavy (non-hydrogen) atoms. The lowest BCUT2D eigenvalue weighted by Gasteiger charge is -2.45. The molecule has 0 saturated carbocycles. The first-order valence-electron chi connectivity index (χ1n) is 17.1. The Morgan fingerprint density at radius 1 is 0.755 bits per heavy atom. The molecular weight excluding hydrogens is 641 g/mol. The van der Waals surface area contributed by atoms with Gasteiger partial charge < -0.3 is 19.0 Å². The molecule has 2 saturated heterocycles. The Morgan fingerprint density at radius 2 is 1.12 bits per heavy atom. The molecule has 270 valence electrons. The minimum absolute atomic E-state index is 0.0372. The summed E-state index contributed by atoms with van der Waals surface area (Å²) in [6, 6.07) is 18.9. The van der Waals surface area contributed by atoms with Crippen LogP contribution in [0.5, 0.6) is 0 Å². The topological polar surface area (TPSA) is 123 Å². The molecule has 4 amide bonds. The van der Waals surface area contributed by atoms with Crippen molar-refractivity contribution >= 4 is 32.3 Å². The third-order valence-corrected chi connectivity index (χ3v) is 14.8. The van der Waals surface area contributed by atoms with Crippen molar-refractivity contribution in [1.29, 1.82) is 0 Å². The summed E-state index contributed by atoms with van der Waals surface area (Å²) >= 11 is 0. The lowest BCUT2D eigenvalue weighted by Crippen LogP contribution is -2.54. The van der Waals surface area contributed by atoms with Crippen molar-refractivity contribution in [2.45, 2.75) is 117 Å². The van der Waals surface area contributed by atoms with E-state index in [9.17, 15) is 24.3 Å². The first kappa shape index (κ1) is 39.9. The van der Waals surface area contributed by atoms with E-state index in [4.69, 9.17) is 13.9 Å². The summed E-state index contributed by atoms with van der Waals surface area (Å²) in [5.74, 6) is -1.77. The molecule has 0 unspecified atom stereocenters. The SMILES string of the molecule is C[C@H](C(=O)N1C(=O)OC[C@H]1Cc1ccccc1)C(C)(C)O.C[C@H](C(=O)N1C(=O)OC[C@H]1Cc1ccccc1)C(C)(C)O[Si](C)(C)C(C)(C)C. The van der Waals surface area contributed by atoms with Gasteiger partial charge in [-0.15, -0.1) is 0 Å². The van der Waals surface area contributed by atoms with Gasteiger partial charge in [-0.1, -0.05) is 95.3 Å². The summed E-state index contributed by atoms with van der Waals surface area (Å²) in [6.45, 7) is 21.8. The van der Waals surface area contributed by atoms with E-state index in [0.29, 0.717) is 12.8 Å². The maximum absolute atomic E-state index is 13.3. The molecule has 0 aliphatic carbocycles. The van der Waals surface area contributed by atoms with Gasteiger partial charge in [-0.3, -0.25) is 9.59 Å². The van der Waals surface area contributed by atoms with Crippen LogP contribution < -0.4 is 0 Å². The molecule has 2 fully saturated rings. The Kier molecular flexibility index (Phi) is 12.7. The number of ether oxygens (including phenoxy) is 2. The average molecular weight is 697 g/mol. The number of nitrogens with zero attached hydrogens (tertiary/aromatic N) is 2. The Hall–Kier alpha value is -3.54. The van der Waals surface area contributed by atoms with Gasteiger partial charge in [-0.25, -0.2) is 19.4 Å². The molecule has 1 N–H and O–H groups in total. The lowest BCUT2D eigenvalue weighted by atomic mass is 9.91. The fourth-order valence-electron chi connectivity index (χ4n) is 5.45. The molecule has 4 rings (SSSR count). The van der Waals surface area contributed by atoms with Crippen LogP contribution in [0.1, 0.15) is 73.4 Å². The van der Waals surface area contributed by atoms with Crippen LogP contribution in [-0.2, 0) is 36.3 Å². The van der Waals surface area contributed by atoms with Crippen molar-refractivity contribution < 1.29 is 38.2 Å². The highest BCUT2D eigenvalue weighted by Gasteiger charge is 2.48. The van der Waals surface area contributed by atoms with Gasteiger partial charge in [0.15, 0.2) is 8.32 Å². The number of amides is 4. The number of aliphatic hydroxyl groups is 1. The average Bonchev–Trinajstić information content (AvgIpc) is 3.56. The highest BCUT2D eigenvalue weighted by molar-refractivity contribution is 6.74. The highest BCUT2D eigenvalue weighted by Crippen LogP contribution is 2.41. The molecule has 2 aromatic rings. The number of hydrogen-bond donors (Lipinski definition) is 1. The van der Waals surface area contributed by atoms with Crippen molar-refractivity contribution in [3.63, 3.8) is 0 Å². The minimum atomic E-state index is -2.07. The number of benzene rings is 2. The zero-order chi connectivity index (χ0) is 36.9. The highest BCUT2D eigenvalue weighted by atomic mass is 28.4.